The van der Waals surface area contributed by atoms with E-state index in [9.17, 15) is 4.79 Å². The van der Waals surface area contributed by atoms with Crippen molar-refractivity contribution in [2.24, 2.45) is 0 Å². The van der Waals surface area contributed by atoms with Gasteiger partial charge in [-0.3, -0.25) is 9.48 Å². The van der Waals surface area contributed by atoms with Crippen LogP contribution in [0.15, 0.2) is 12.5 Å². The van der Waals surface area contributed by atoms with E-state index in [0.29, 0.717) is 6.54 Å². The third-order valence-corrected chi connectivity index (χ3v) is 2.90. The van der Waals surface area contributed by atoms with Gasteiger partial charge >= 0.3 is 0 Å². The molecule has 100 valence electrons. The van der Waals surface area contributed by atoms with Crippen LogP contribution in [0.2, 0.25) is 10.3 Å². The second-order valence-corrected chi connectivity index (χ2v) is 4.29. The van der Waals surface area contributed by atoms with E-state index in [1.54, 1.807) is 10.9 Å². The Kier molecular flexibility index (Phi) is 3.87. The molecule has 3 N–H and O–H groups in total. The van der Waals surface area contributed by atoms with Gasteiger partial charge in [-0.15, -0.1) is 0 Å². The maximum Gasteiger partial charge on any atom is 0.278 e. The summed E-state index contributed by atoms with van der Waals surface area (Å²) in [5.41, 5.74) is 6.19. The quantitative estimate of drug-likeness (QED) is 0.843. The molecule has 2 heterocycles. The number of aryl methyl sites for hydroxylation is 1. The van der Waals surface area contributed by atoms with E-state index in [1.165, 1.54) is 6.33 Å². The number of anilines is 2. The topological polar surface area (TPSA) is 98.7 Å². The van der Waals surface area contributed by atoms with Gasteiger partial charge in [-0.1, -0.05) is 23.2 Å². The molecule has 0 aromatic carbocycles. The molecule has 0 saturated heterocycles. The molecule has 0 aliphatic heterocycles. The summed E-state index contributed by atoms with van der Waals surface area (Å²) in [4.78, 5) is 19.5. The smallest absolute Gasteiger partial charge is 0.278 e. The van der Waals surface area contributed by atoms with E-state index in [2.05, 4.69) is 20.4 Å². The van der Waals surface area contributed by atoms with E-state index < -0.39 is 5.91 Å². The van der Waals surface area contributed by atoms with E-state index in [0.717, 1.165) is 0 Å². The third kappa shape index (κ3) is 2.77. The molecular formula is C10H10Cl2N6O. The zero-order valence-corrected chi connectivity index (χ0v) is 11.4. The number of nitrogen functional groups attached to an aromatic ring is 1. The number of hydrogen-bond donors (Lipinski definition) is 2. The van der Waals surface area contributed by atoms with Gasteiger partial charge in [-0.2, -0.15) is 5.10 Å². The molecule has 2 rings (SSSR count). The van der Waals surface area contributed by atoms with Crippen LogP contribution in [0, 0.1) is 0 Å². The number of nitrogens with two attached hydrogens (primary N) is 1. The van der Waals surface area contributed by atoms with Crippen LogP contribution in [0.25, 0.3) is 0 Å². The lowest BCUT2D eigenvalue weighted by molar-refractivity contribution is 0.102. The van der Waals surface area contributed by atoms with Gasteiger partial charge in [0.05, 0.1) is 5.69 Å². The number of aromatic nitrogens is 4. The molecule has 0 bridgehead atoms. The Morgan fingerprint density at radius 1 is 1.42 bits per heavy atom. The minimum Gasteiger partial charge on any atom is -0.396 e. The summed E-state index contributed by atoms with van der Waals surface area (Å²) in [7, 11) is 0. The lowest BCUT2D eigenvalue weighted by atomic mass is 10.3. The number of halogens is 2. The fraction of sp³-hybridized carbons (Fsp3) is 0.200. The summed E-state index contributed by atoms with van der Waals surface area (Å²) < 4.78 is 1.55. The molecule has 0 saturated carbocycles. The summed E-state index contributed by atoms with van der Waals surface area (Å²) in [5, 5.41) is 6.61. The van der Waals surface area contributed by atoms with Crippen molar-refractivity contribution in [3.05, 3.63) is 28.5 Å². The Labute approximate surface area is 118 Å². The number of hydrogen-bond acceptors (Lipinski definition) is 5. The summed E-state index contributed by atoms with van der Waals surface area (Å²) in [5.74, 6) is -0.525. The van der Waals surface area contributed by atoms with Crippen LogP contribution < -0.4 is 11.1 Å². The Balaban J connectivity index is 2.28. The summed E-state index contributed by atoms with van der Waals surface area (Å²) in [6.45, 7) is 2.49. The predicted molar refractivity (Wildman–Crippen MR) is 72.3 cm³/mol. The van der Waals surface area contributed by atoms with Crippen molar-refractivity contribution in [2.75, 3.05) is 11.1 Å². The standard InChI is InChI=1S/C10H10Cl2N6O/c1-2-18-3-5(13)6(17-18)10(19)16-7-8(11)14-4-15-9(7)12/h3-4H,2,13H2,1H3,(H,16,19). The first-order chi connectivity index (χ1) is 9.02. The van der Waals surface area contributed by atoms with E-state index in [4.69, 9.17) is 28.9 Å². The van der Waals surface area contributed by atoms with Crippen LogP contribution in [0.3, 0.4) is 0 Å². The first kappa shape index (κ1) is 13.6. The monoisotopic (exact) mass is 300 g/mol. The van der Waals surface area contributed by atoms with Crippen LogP contribution >= 0.6 is 23.2 Å². The molecule has 0 aliphatic rings. The van der Waals surface area contributed by atoms with Crippen LogP contribution in [-0.2, 0) is 6.54 Å². The summed E-state index contributed by atoms with van der Waals surface area (Å²) in [6.07, 6.45) is 2.76. The fourth-order valence-electron chi connectivity index (χ4n) is 1.40. The second-order valence-electron chi connectivity index (χ2n) is 3.57. The Hall–Kier alpha value is -1.86. The number of nitrogens with one attached hydrogen (secondary N) is 1. The number of carbonyl (C=O) groups is 1. The Morgan fingerprint density at radius 3 is 2.58 bits per heavy atom. The molecule has 0 aliphatic carbocycles. The maximum absolute atomic E-state index is 12.0. The van der Waals surface area contributed by atoms with Gasteiger partial charge in [0.25, 0.3) is 5.91 Å². The lowest BCUT2D eigenvalue weighted by Crippen LogP contribution is -2.16. The fourth-order valence-corrected chi connectivity index (χ4v) is 1.80. The molecule has 7 nitrogen and oxygen atoms in total. The average Bonchev–Trinajstić information content (AvgIpc) is 2.75. The van der Waals surface area contributed by atoms with Gasteiger partial charge < -0.3 is 11.1 Å². The third-order valence-electron chi connectivity index (χ3n) is 2.32. The van der Waals surface area contributed by atoms with Gasteiger partial charge in [-0.05, 0) is 6.92 Å². The van der Waals surface area contributed by atoms with Crippen molar-refractivity contribution in [1.29, 1.82) is 0 Å². The number of nitrogens with zero attached hydrogens (tertiary/aromatic N) is 4. The maximum atomic E-state index is 12.0. The molecule has 9 heteroatoms. The number of rotatable bonds is 3. The predicted octanol–water partition coefficient (Wildman–Crippen LogP) is 1.83. The van der Waals surface area contributed by atoms with Crippen molar-refractivity contribution in [2.45, 2.75) is 13.5 Å². The van der Waals surface area contributed by atoms with E-state index in [1.807, 2.05) is 6.92 Å². The Morgan fingerprint density at radius 2 is 2.05 bits per heavy atom. The molecule has 2 aromatic rings. The van der Waals surface area contributed by atoms with Crippen molar-refractivity contribution in [3.63, 3.8) is 0 Å². The molecule has 0 fully saturated rings. The average molecular weight is 301 g/mol. The van der Waals surface area contributed by atoms with Crippen LogP contribution in [-0.4, -0.2) is 25.7 Å². The van der Waals surface area contributed by atoms with E-state index >= 15 is 0 Å². The first-order valence-electron chi connectivity index (χ1n) is 5.33. The highest BCUT2D eigenvalue weighted by Crippen LogP contribution is 2.26. The zero-order chi connectivity index (χ0) is 14.0. The normalized spacial score (nSPS) is 10.5. The van der Waals surface area contributed by atoms with Crippen molar-refractivity contribution in [1.82, 2.24) is 19.7 Å². The minimum absolute atomic E-state index is 0.0434. The Bertz CT molecular complexity index is 606. The van der Waals surface area contributed by atoms with Gasteiger partial charge in [0.1, 0.15) is 12.0 Å². The van der Waals surface area contributed by atoms with Crippen LogP contribution in [0.1, 0.15) is 17.4 Å². The highest BCUT2D eigenvalue weighted by molar-refractivity contribution is 6.38. The highest BCUT2D eigenvalue weighted by Gasteiger charge is 2.18. The summed E-state index contributed by atoms with van der Waals surface area (Å²) >= 11 is 11.7. The molecule has 2 aromatic heterocycles. The molecule has 0 unspecified atom stereocenters. The highest BCUT2D eigenvalue weighted by atomic mass is 35.5. The van der Waals surface area contributed by atoms with Gasteiger partial charge in [0, 0.05) is 12.7 Å². The zero-order valence-electron chi connectivity index (χ0n) is 9.89. The number of carbonyl (C=O) groups excluding carboxylic acids is 1. The molecule has 19 heavy (non-hydrogen) atoms. The molecule has 0 spiro atoms. The van der Waals surface area contributed by atoms with Crippen LogP contribution in [0.5, 0.6) is 0 Å². The lowest BCUT2D eigenvalue weighted by Gasteiger charge is -2.06. The van der Waals surface area contributed by atoms with E-state index in [-0.39, 0.29) is 27.4 Å². The minimum atomic E-state index is -0.525. The molecule has 0 radical (unpaired) electrons. The van der Waals surface area contributed by atoms with Gasteiger partial charge in [0.2, 0.25) is 0 Å². The van der Waals surface area contributed by atoms with Crippen molar-refractivity contribution < 1.29 is 4.79 Å². The molecule has 0 atom stereocenters. The van der Waals surface area contributed by atoms with Gasteiger partial charge in [-0.25, -0.2) is 9.97 Å². The SMILES string of the molecule is CCn1cc(N)c(C(=O)Nc2c(Cl)ncnc2Cl)n1. The first-order valence-corrected chi connectivity index (χ1v) is 6.08. The largest absolute Gasteiger partial charge is 0.396 e. The van der Waals surface area contributed by atoms with Crippen LogP contribution in [0.4, 0.5) is 11.4 Å². The van der Waals surface area contributed by atoms with Gasteiger partial charge in [0.15, 0.2) is 16.0 Å². The van der Waals surface area contributed by atoms with Crippen molar-refractivity contribution in [3.8, 4) is 0 Å². The molecule has 1 amide bonds. The van der Waals surface area contributed by atoms with Crippen molar-refractivity contribution >= 4 is 40.5 Å². The second kappa shape index (κ2) is 5.41. The number of amides is 1. The summed E-state index contributed by atoms with van der Waals surface area (Å²) in [6, 6.07) is 0. The molecular weight excluding hydrogens is 291 g/mol.